The van der Waals surface area contributed by atoms with Crippen molar-refractivity contribution in [3.63, 3.8) is 0 Å². The van der Waals surface area contributed by atoms with Crippen LogP contribution in [-0.2, 0) is 5.41 Å². The summed E-state index contributed by atoms with van der Waals surface area (Å²) in [5.74, 6) is 0.833. The first-order chi connectivity index (χ1) is 4.71. The molecule has 1 aromatic rings. The Morgan fingerprint density at radius 2 is 2.30 bits per heavy atom. The van der Waals surface area contributed by atoms with Gasteiger partial charge in [-0.05, 0) is 12.8 Å². The molecule has 4 heteroatoms. The highest BCUT2D eigenvalue weighted by atomic mass is 79.9. The SMILES string of the molecule is CC1(c2noc(Br)n2)CC1. The molecular formula is C6H7BrN2O. The largest absolute Gasteiger partial charge is 0.327 e. The van der Waals surface area contributed by atoms with E-state index in [4.69, 9.17) is 4.52 Å². The van der Waals surface area contributed by atoms with Crippen LogP contribution in [0.15, 0.2) is 9.32 Å². The van der Waals surface area contributed by atoms with Gasteiger partial charge < -0.3 is 4.52 Å². The molecule has 0 saturated heterocycles. The number of nitrogens with zero attached hydrogens (tertiary/aromatic N) is 2. The molecule has 0 amide bonds. The van der Waals surface area contributed by atoms with Crippen molar-refractivity contribution in [3.8, 4) is 0 Å². The molecule has 1 aliphatic rings. The molecule has 0 N–H and O–H groups in total. The van der Waals surface area contributed by atoms with Gasteiger partial charge in [0.05, 0.1) is 0 Å². The second kappa shape index (κ2) is 1.81. The number of halogens is 1. The Balaban J connectivity index is 2.34. The lowest BCUT2D eigenvalue weighted by Gasteiger charge is -1.96. The van der Waals surface area contributed by atoms with Gasteiger partial charge in [0.1, 0.15) is 0 Å². The molecule has 1 heterocycles. The minimum absolute atomic E-state index is 0.218. The Labute approximate surface area is 66.9 Å². The van der Waals surface area contributed by atoms with Crippen molar-refractivity contribution >= 4 is 15.9 Å². The number of rotatable bonds is 1. The molecule has 1 aliphatic carbocycles. The predicted octanol–water partition coefficient (Wildman–Crippen LogP) is 1.88. The molecule has 3 nitrogen and oxygen atoms in total. The van der Waals surface area contributed by atoms with E-state index < -0.39 is 0 Å². The van der Waals surface area contributed by atoms with E-state index in [1.807, 2.05) is 0 Å². The average Bonchev–Trinajstić information content (AvgIpc) is 2.45. The van der Waals surface area contributed by atoms with Crippen LogP contribution < -0.4 is 0 Å². The molecule has 1 aromatic heterocycles. The molecule has 0 spiro atoms. The van der Waals surface area contributed by atoms with E-state index in [2.05, 4.69) is 33.0 Å². The Morgan fingerprint density at radius 1 is 1.60 bits per heavy atom. The van der Waals surface area contributed by atoms with Gasteiger partial charge in [0.15, 0.2) is 5.82 Å². The molecule has 54 valence electrons. The Kier molecular flexibility index (Phi) is 1.15. The monoisotopic (exact) mass is 202 g/mol. The van der Waals surface area contributed by atoms with Gasteiger partial charge in [-0.25, -0.2) is 0 Å². The van der Waals surface area contributed by atoms with Crippen LogP contribution >= 0.6 is 15.9 Å². The zero-order chi connectivity index (χ0) is 7.19. The summed E-state index contributed by atoms with van der Waals surface area (Å²) in [6, 6.07) is 0. The van der Waals surface area contributed by atoms with Crippen molar-refractivity contribution in [2.24, 2.45) is 0 Å². The summed E-state index contributed by atoms with van der Waals surface area (Å²) in [5.41, 5.74) is 0.218. The smallest absolute Gasteiger partial charge is 0.293 e. The second-order valence-corrected chi connectivity index (χ2v) is 3.61. The average molecular weight is 203 g/mol. The maximum atomic E-state index is 4.79. The van der Waals surface area contributed by atoms with Gasteiger partial charge in [0, 0.05) is 21.3 Å². The zero-order valence-corrected chi connectivity index (χ0v) is 7.18. The van der Waals surface area contributed by atoms with Crippen LogP contribution in [-0.4, -0.2) is 10.1 Å². The van der Waals surface area contributed by atoms with Crippen molar-refractivity contribution in [1.82, 2.24) is 10.1 Å². The van der Waals surface area contributed by atoms with Gasteiger partial charge in [-0.15, -0.1) is 0 Å². The first-order valence-corrected chi connectivity index (χ1v) is 4.00. The molecule has 0 bridgehead atoms. The highest BCUT2D eigenvalue weighted by Crippen LogP contribution is 2.46. The summed E-state index contributed by atoms with van der Waals surface area (Å²) in [5, 5.41) is 3.82. The highest BCUT2D eigenvalue weighted by molar-refractivity contribution is 9.10. The van der Waals surface area contributed by atoms with E-state index in [-0.39, 0.29) is 5.41 Å². The number of hydrogen-bond donors (Lipinski definition) is 0. The van der Waals surface area contributed by atoms with E-state index >= 15 is 0 Å². The topological polar surface area (TPSA) is 38.9 Å². The van der Waals surface area contributed by atoms with Gasteiger partial charge in [-0.3, -0.25) is 0 Å². The van der Waals surface area contributed by atoms with Crippen molar-refractivity contribution < 1.29 is 4.52 Å². The van der Waals surface area contributed by atoms with Crippen LogP contribution in [0.4, 0.5) is 0 Å². The van der Waals surface area contributed by atoms with Crippen LogP contribution in [0.5, 0.6) is 0 Å². The Bertz CT molecular complexity index is 254. The van der Waals surface area contributed by atoms with E-state index in [1.54, 1.807) is 0 Å². The summed E-state index contributed by atoms with van der Waals surface area (Å²) in [7, 11) is 0. The summed E-state index contributed by atoms with van der Waals surface area (Å²) in [6.07, 6.45) is 2.36. The molecular weight excluding hydrogens is 196 g/mol. The van der Waals surface area contributed by atoms with Crippen LogP contribution in [0, 0.1) is 0 Å². The highest BCUT2D eigenvalue weighted by Gasteiger charge is 2.43. The van der Waals surface area contributed by atoms with Gasteiger partial charge in [-0.1, -0.05) is 12.1 Å². The lowest BCUT2D eigenvalue weighted by Crippen LogP contribution is -2.01. The fourth-order valence-corrected chi connectivity index (χ4v) is 1.10. The molecule has 2 rings (SSSR count). The summed E-state index contributed by atoms with van der Waals surface area (Å²) >= 11 is 3.11. The van der Waals surface area contributed by atoms with Crippen molar-refractivity contribution in [3.05, 3.63) is 10.6 Å². The van der Waals surface area contributed by atoms with Crippen molar-refractivity contribution in [1.29, 1.82) is 0 Å². The number of hydrogen-bond acceptors (Lipinski definition) is 3. The van der Waals surface area contributed by atoms with E-state index in [0.717, 1.165) is 5.82 Å². The minimum atomic E-state index is 0.218. The van der Waals surface area contributed by atoms with Gasteiger partial charge in [-0.2, -0.15) is 4.98 Å². The third kappa shape index (κ3) is 0.868. The van der Waals surface area contributed by atoms with Gasteiger partial charge >= 0.3 is 0 Å². The summed E-state index contributed by atoms with van der Waals surface area (Å²) < 4.78 is 4.79. The maximum Gasteiger partial charge on any atom is 0.293 e. The fourth-order valence-electron chi connectivity index (χ4n) is 0.861. The lowest BCUT2D eigenvalue weighted by atomic mass is 10.1. The third-order valence-electron chi connectivity index (χ3n) is 1.94. The van der Waals surface area contributed by atoms with Crippen LogP contribution in [0.1, 0.15) is 25.6 Å². The quantitative estimate of drug-likeness (QED) is 0.699. The van der Waals surface area contributed by atoms with E-state index in [1.165, 1.54) is 12.8 Å². The first-order valence-electron chi connectivity index (χ1n) is 3.20. The van der Waals surface area contributed by atoms with Gasteiger partial charge in [0.25, 0.3) is 4.80 Å². The first kappa shape index (κ1) is 6.34. The Morgan fingerprint density at radius 3 is 2.70 bits per heavy atom. The third-order valence-corrected chi connectivity index (χ3v) is 2.26. The van der Waals surface area contributed by atoms with Crippen LogP contribution in [0.25, 0.3) is 0 Å². The molecule has 0 aromatic carbocycles. The molecule has 0 atom stereocenters. The maximum absolute atomic E-state index is 4.79. The number of aromatic nitrogens is 2. The standard InChI is InChI=1S/C6H7BrN2O/c1-6(2-3-6)4-8-5(7)10-9-4/h2-3H2,1H3. The molecule has 10 heavy (non-hydrogen) atoms. The normalized spacial score (nSPS) is 21.0. The second-order valence-electron chi connectivity index (χ2n) is 2.93. The van der Waals surface area contributed by atoms with Crippen molar-refractivity contribution in [2.45, 2.75) is 25.2 Å². The molecule has 0 radical (unpaired) electrons. The molecule has 0 aliphatic heterocycles. The van der Waals surface area contributed by atoms with Gasteiger partial charge in [0.2, 0.25) is 0 Å². The minimum Gasteiger partial charge on any atom is -0.327 e. The molecule has 0 unspecified atom stereocenters. The van der Waals surface area contributed by atoms with Crippen LogP contribution in [0.2, 0.25) is 0 Å². The van der Waals surface area contributed by atoms with Crippen LogP contribution in [0.3, 0.4) is 0 Å². The fraction of sp³-hybridized carbons (Fsp3) is 0.667. The lowest BCUT2D eigenvalue weighted by molar-refractivity contribution is 0.385. The molecule has 1 fully saturated rings. The van der Waals surface area contributed by atoms with Crippen molar-refractivity contribution in [2.75, 3.05) is 0 Å². The van der Waals surface area contributed by atoms with E-state index in [0.29, 0.717) is 4.80 Å². The summed E-state index contributed by atoms with van der Waals surface area (Å²) in [6.45, 7) is 2.14. The summed E-state index contributed by atoms with van der Waals surface area (Å²) in [4.78, 5) is 4.57. The van der Waals surface area contributed by atoms with E-state index in [9.17, 15) is 0 Å². The molecule has 1 saturated carbocycles. The predicted molar refractivity (Wildman–Crippen MR) is 38.6 cm³/mol. The zero-order valence-electron chi connectivity index (χ0n) is 5.59. The Hall–Kier alpha value is -0.380.